The molecule has 10 nitrogen and oxygen atoms in total. The molecule has 1 fully saturated rings. The standard InChI is InChI=1S/C30H40N4O6/c1-18-14-19(2)16-20(15-18)26(27(36)32-21-10-12-23(39-6)13-11-21)34(22-8-7-9-22)28(37)24(17-25(31)35)33-29(38)40-30(3,4)5/h10-16,22,24,26H,7-9,17H2,1-6H3,(H2,31,35)(H,32,36)(H,33,38). The third-order valence-corrected chi connectivity index (χ3v) is 6.56. The average Bonchev–Trinajstić information content (AvgIpc) is 2.80. The van der Waals surface area contributed by atoms with E-state index in [9.17, 15) is 19.2 Å². The van der Waals surface area contributed by atoms with Gasteiger partial charge in [0.25, 0.3) is 5.91 Å². The number of ether oxygens (including phenoxy) is 2. The third-order valence-electron chi connectivity index (χ3n) is 6.56. The lowest BCUT2D eigenvalue weighted by Crippen LogP contribution is -2.57. The molecular formula is C30H40N4O6. The van der Waals surface area contributed by atoms with Crippen molar-refractivity contribution >= 4 is 29.5 Å². The molecule has 0 radical (unpaired) electrons. The number of alkyl carbamates (subject to hydrolysis) is 1. The molecule has 1 aliphatic carbocycles. The van der Waals surface area contributed by atoms with Gasteiger partial charge >= 0.3 is 6.09 Å². The highest BCUT2D eigenvalue weighted by atomic mass is 16.6. The minimum Gasteiger partial charge on any atom is -0.497 e. The summed E-state index contributed by atoms with van der Waals surface area (Å²) in [5.74, 6) is -1.14. The van der Waals surface area contributed by atoms with Gasteiger partial charge in [-0.05, 0) is 83.7 Å². The number of amides is 4. The van der Waals surface area contributed by atoms with Gasteiger partial charge in [-0.25, -0.2) is 4.79 Å². The van der Waals surface area contributed by atoms with Crippen LogP contribution in [-0.4, -0.2) is 53.5 Å². The Hall–Kier alpha value is -4.08. The zero-order valence-electron chi connectivity index (χ0n) is 24.1. The highest BCUT2D eigenvalue weighted by molar-refractivity contribution is 6.00. The van der Waals surface area contributed by atoms with E-state index < -0.39 is 47.9 Å². The molecule has 1 saturated carbocycles. The molecule has 0 heterocycles. The molecule has 3 rings (SSSR count). The van der Waals surface area contributed by atoms with Gasteiger partial charge in [-0.1, -0.05) is 29.3 Å². The van der Waals surface area contributed by atoms with Crippen LogP contribution in [0.2, 0.25) is 0 Å². The van der Waals surface area contributed by atoms with Crippen LogP contribution >= 0.6 is 0 Å². The first kappa shape index (κ1) is 30.5. The van der Waals surface area contributed by atoms with Crippen LogP contribution in [0, 0.1) is 13.8 Å². The second-order valence-electron chi connectivity index (χ2n) is 11.2. The summed E-state index contributed by atoms with van der Waals surface area (Å²) in [6, 6.07) is 9.99. The lowest BCUT2D eigenvalue weighted by atomic mass is 9.87. The Bertz CT molecular complexity index is 1210. The molecular weight excluding hydrogens is 512 g/mol. The number of nitrogens with one attached hydrogen (secondary N) is 2. The first-order valence-electron chi connectivity index (χ1n) is 13.4. The normalized spacial score (nSPS) is 14.8. The van der Waals surface area contributed by atoms with Gasteiger partial charge in [0.05, 0.1) is 13.5 Å². The van der Waals surface area contributed by atoms with E-state index in [0.29, 0.717) is 29.8 Å². The van der Waals surface area contributed by atoms with Gasteiger partial charge in [0.1, 0.15) is 23.4 Å². The van der Waals surface area contributed by atoms with Gasteiger partial charge in [0.15, 0.2) is 0 Å². The molecule has 0 spiro atoms. The van der Waals surface area contributed by atoms with Crippen LogP contribution in [0.5, 0.6) is 5.75 Å². The highest BCUT2D eigenvalue weighted by Gasteiger charge is 2.42. The maximum atomic E-state index is 14.2. The molecule has 2 unspecified atom stereocenters. The fourth-order valence-corrected chi connectivity index (χ4v) is 4.70. The van der Waals surface area contributed by atoms with Crippen LogP contribution in [0.15, 0.2) is 42.5 Å². The van der Waals surface area contributed by atoms with E-state index in [1.54, 1.807) is 52.1 Å². The van der Waals surface area contributed by atoms with Crippen molar-refractivity contribution in [1.29, 1.82) is 0 Å². The number of anilines is 1. The number of benzene rings is 2. The minimum absolute atomic E-state index is 0.268. The maximum absolute atomic E-state index is 14.2. The fourth-order valence-electron chi connectivity index (χ4n) is 4.70. The van der Waals surface area contributed by atoms with Gasteiger partial charge in [-0.15, -0.1) is 0 Å². The van der Waals surface area contributed by atoms with Gasteiger partial charge in [-0.2, -0.15) is 0 Å². The van der Waals surface area contributed by atoms with Crippen LogP contribution in [0.1, 0.15) is 69.2 Å². The zero-order chi connectivity index (χ0) is 29.6. The highest BCUT2D eigenvalue weighted by Crippen LogP contribution is 2.35. The zero-order valence-corrected chi connectivity index (χ0v) is 24.1. The van der Waals surface area contributed by atoms with E-state index in [-0.39, 0.29) is 6.04 Å². The molecule has 1 aliphatic rings. The van der Waals surface area contributed by atoms with E-state index in [1.807, 2.05) is 32.0 Å². The number of primary amides is 1. The van der Waals surface area contributed by atoms with E-state index in [1.165, 1.54) is 4.90 Å². The summed E-state index contributed by atoms with van der Waals surface area (Å²) in [6.07, 6.45) is 0.943. The molecule has 2 aromatic carbocycles. The number of carbonyl (C=O) groups excluding carboxylic acids is 4. The quantitative estimate of drug-likeness (QED) is 0.405. The van der Waals surface area contributed by atoms with Crippen molar-refractivity contribution in [3.8, 4) is 5.75 Å². The van der Waals surface area contributed by atoms with E-state index in [2.05, 4.69) is 10.6 Å². The van der Waals surface area contributed by atoms with Gasteiger partial charge in [0, 0.05) is 11.7 Å². The van der Waals surface area contributed by atoms with Crippen LogP contribution in [0.4, 0.5) is 10.5 Å². The van der Waals surface area contributed by atoms with Crippen molar-refractivity contribution in [1.82, 2.24) is 10.2 Å². The van der Waals surface area contributed by atoms with Crippen LogP contribution in [0.25, 0.3) is 0 Å². The number of rotatable bonds is 10. The second kappa shape index (κ2) is 12.8. The first-order chi connectivity index (χ1) is 18.8. The monoisotopic (exact) mass is 552 g/mol. The molecule has 216 valence electrons. The largest absolute Gasteiger partial charge is 0.497 e. The van der Waals surface area contributed by atoms with E-state index >= 15 is 0 Å². The van der Waals surface area contributed by atoms with Crippen molar-refractivity contribution < 1.29 is 28.7 Å². The van der Waals surface area contributed by atoms with Crippen molar-refractivity contribution in [2.24, 2.45) is 5.73 Å². The minimum atomic E-state index is -1.31. The lowest BCUT2D eigenvalue weighted by Gasteiger charge is -2.43. The smallest absolute Gasteiger partial charge is 0.408 e. The van der Waals surface area contributed by atoms with Crippen LogP contribution in [-0.2, 0) is 19.1 Å². The number of methoxy groups -OCH3 is 1. The summed E-state index contributed by atoms with van der Waals surface area (Å²) in [7, 11) is 1.56. The lowest BCUT2D eigenvalue weighted by molar-refractivity contribution is -0.146. The average molecular weight is 553 g/mol. The van der Waals surface area contributed by atoms with Crippen LogP contribution in [0.3, 0.4) is 0 Å². The first-order valence-corrected chi connectivity index (χ1v) is 13.4. The molecule has 4 N–H and O–H groups in total. The predicted octanol–water partition coefficient (Wildman–Crippen LogP) is 4.14. The Balaban J connectivity index is 2.05. The Morgan fingerprint density at radius 3 is 2.10 bits per heavy atom. The molecule has 40 heavy (non-hydrogen) atoms. The Kier molecular flexibility index (Phi) is 9.78. The summed E-state index contributed by atoms with van der Waals surface area (Å²) in [4.78, 5) is 54.3. The van der Waals surface area contributed by atoms with Crippen molar-refractivity contribution in [2.75, 3.05) is 12.4 Å². The summed E-state index contributed by atoms with van der Waals surface area (Å²) in [6.45, 7) is 8.92. The SMILES string of the molecule is COc1ccc(NC(=O)C(c2cc(C)cc(C)c2)N(C(=O)C(CC(N)=O)NC(=O)OC(C)(C)C)C2CCC2)cc1. The predicted molar refractivity (Wildman–Crippen MR) is 152 cm³/mol. The number of hydrogen-bond acceptors (Lipinski definition) is 6. The molecule has 4 amide bonds. The van der Waals surface area contributed by atoms with E-state index in [0.717, 1.165) is 17.5 Å². The molecule has 2 atom stereocenters. The van der Waals surface area contributed by atoms with Gasteiger partial charge < -0.3 is 30.7 Å². The summed E-state index contributed by atoms with van der Waals surface area (Å²) in [5.41, 5.74) is 7.67. The van der Waals surface area contributed by atoms with E-state index in [4.69, 9.17) is 15.2 Å². The number of nitrogens with zero attached hydrogens (tertiary/aromatic N) is 1. The van der Waals surface area contributed by atoms with Crippen molar-refractivity contribution in [3.63, 3.8) is 0 Å². The second-order valence-corrected chi connectivity index (χ2v) is 11.2. The number of carbonyl (C=O) groups is 4. The Morgan fingerprint density at radius 1 is 1.02 bits per heavy atom. The Morgan fingerprint density at radius 2 is 1.62 bits per heavy atom. The van der Waals surface area contributed by atoms with Gasteiger partial charge in [-0.3, -0.25) is 14.4 Å². The van der Waals surface area contributed by atoms with Crippen molar-refractivity contribution in [3.05, 3.63) is 59.2 Å². The molecule has 0 aliphatic heterocycles. The topological polar surface area (TPSA) is 140 Å². The summed E-state index contributed by atoms with van der Waals surface area (Å²) >= 11 is 0. The fraction of sp³-hybridized carbons (Fsp3) is 0.467. The number of aryl methyl sites for hydroxylation is 2. The molecule has 0 aromatic heterocycles. The molecule has 0 saturated heterocycles. The van der Waals surface area contributed by atoms with Crippen LogP contribution < -0.4 is 21.1 Å². The van der Waals surface area contributed by atoms with Gasteiger partial charge in [0.2, 0.25) is 11.8 Å². The Labute approximate surface area is 235 Å². The summed E-state index contributed by atoms with van der Waals surface area (Å²) < 4.78 is 10.6. The summed E-state index contributed by atoms with van der Waals surface area (Å²) in [5, 5.41) is 5.45. The molecule has 2 aromatic rings. The molecule has 0 bridgehead atoms. The van der Waals surface area contributed by atoms with Crippen molar-refractivity contribution in [2.45, 2.75) is 84.0 Å². The maximum Gasteiger partial charge on any atom is 0.408 e. The number of hydrogen-bond donors (Lipinski definition) is 3. The third kappa shape index (κ3) is 8.21. The molecule has 10 heteroatoms. The number of nitrogens with two attached hydrogens (primary N) is 1.